The lowest BCUT2D eigenvalue weighted by molar-refractivity contribution is 0.0505. The van der Waals surface area contributed by atoms with E-state index < -0.39 is 0 Å². The van der Waals surface area contributed by atoms with E-state index in [1.807, 2.05) is 19.1 Å². The Morgan fingerprint density at radius 1 is 1.00 bits per heavy atom. The molecule has 23 heavy (non-hydrogen) atoms. The molecule has 2 aromatic carbocycles. The van der Waals surface area contributed by atoms with Crippen molar-refractivity contribution in [1.82, 2.24) is 0 Å². The number of nitrogens with one attached hydrogen (secondary N) is 1. The largest absolute Gasteiger partial charge is 0.462 e. The quantitative estimate of drug-likeness (QED) is 0.818. The molecule has 2 rings (SSSR count). The van der Waals surface area contributed by atoms with E-state index >= 15 is 0 Å². The fraction of sp³-hybridized carbons (Fsp3) is 0.263. The standard InChI is InChI=1S/C19H21NO3/c1-3-12-23-19(22)16-6-5-7-17(13-16)20-18(21)15-10-8-14(4-2)9-11-15/h5-11,13H,3-4,12H2,1-2H3,(H,20,21). The summed E-state index contributed by atoms with van der Waals surface area (Å²) in [6, 6.07) is 14.2. The average Bonchev–Trinajstić information content (AvgIpc) is 2.60. The molecule has 0 radical (unpaired) electrons. The molecule has 0 saturated carbocycles. The zero-order valence-corrected chi connectivity index (χ0v) is 13.5. The van der Waals surface area contributed by atoms with Crippen LogP contribution in [0.4, 0.5) is 5.69 Å². The van der Waals surface area contributed by atoms with Crippen molar-refractivity contribution in [2.45, 2.75) is 26.7 Å². The van der Waals surface area contributed by atoms with Crippen LogP contribution < -0.4 is 5.32 Å². The van der Waals surface area contributed by atoms with Crippen LogP contribution in [-0.4, -0.2) is 18.5 Å². The van der Waals surface area contributed by atoms with E-state index in [0.717, 1.165) is 12.8 Å². The highest BCUT2D eigenvalue weighted by Crippen LogP contribution is 2.14. The van der Waals surface area contributed by atoms with Gasteiger partial charge in [-0.3, -0.25) is 4.79 Å². The van der Waals surface area contributed by atoms with Crippen LogP contribution >= 0.6 is 0 Å². The molecule has 2 aromatic rings. The van der Waals surface area contributed by atoms with Crippen molar-refractivity contribution in [2.24, 2.45) is 0 Å². The number of carbonyl (C=O) groups is 2. The number of carbonyl (C=O) groups excluding carboxylic acids is 2. The molecule has 0 unspecified atom stereocenters. The highest BCUT2D eigenvalue weighted by Gasteiger charge is 2.10. The van der Waals surface area contributed by atoms with Gasteiger partial charge in [0.15, 0.2) is 0 Å². The maximum Gasteiger partial charge on any atom is 0.338 e. The van der Waals surface area contributed by atoms with Gasteiger partial charge in [-0.15, -0.1) is 0 Å². The fourth-order valence-electron chi connectivity index (χ4n) is 2.10. The summed E-state index contributed by atoms with van der Waals surface area (Å²) in [5.41, 5.74) is 2.77. The van der Waals surface area contributed by atoms with Crippen LogP contribution in [0.2, 0.25) is 0 Å². The topological polar surface area (TPSA) is 55.4 Å². The number of rotatable bonds is 6. The SMILES string of the molecule is CCCOC(=O)c1cccc(NC(=O)c2ccc(CC)cc2)c1. The summed E-state index contributed by atoms with van der Waals surface area (Å²) >= 11 is 0. The third-order valence-corrected chi connectivity index (χ3v) is 3.42. The van der Waals surface area contributed by atoms with Gasteiger partial charge >= 0.3 is 5.97 Å². The van der Waals surface area contributed by atoms with Crippen LogP contribution in [0.5, 0.6) is 0 Å². The molecule has 0 heterocycles. The van der Waals surface area contributed by atoms with Crippen LogP contribution in [0.15, 0.2) is 48.5 Å². The Hall–Kier alpha value is -2.62. The second-order valence-corrected chi connectivity index (χ2v) is 5.22. The molecular formula is C19H21NO3. The molecular weight excluding hydrogens is 290 g/mol. The molecule has 1 N–H and O–H groups in total. The normalized spacial score (nSPS) is 10.2. The smallest absolute Gasteiger partial charge is 0.338 e. The van der Waals surface area contributed by atoms with E-state index in [1.165, 1.54) is 5.56 Å². The highest BCUT2D eigenvalue weighted by molar-refractivity contribution is 6.04. The summed E-state index contributed by atoms with van der Waals surface area (Å²) in [6.45, 7) is 4.39. The fourth-order valence-corrected chi connectivity index (χ4v) is 2.10. The maximum absolute atomic E-state index is 12.2. The number of benzene rings is 2. The first-order valence-electron chi connectivity index (χ1n) is 7.81. The molecule has 0 aromatic heterocycles. The number of amides is 1. The van der Waals surface area contributed by atoms with Gasteiger partial charge in [0.2, 0.25) is 0 Å². The Labute approximate surface area is 136 Å². The van der Waals surface area contributed by atoms with Gasteiger partial charge < -0.3 is 10.1 Å². The number of hydrogen-bond acceptors (Lipinski definition) is 3. The molecule has 0 aliphatic carbocycles. The van der Waals surface area contributed by atoms with Gasteiger partial charge in [-0.05, 0) is 48.7 Å². The monoisotopic (exact) mass is 311 g/mol. The van der Waals surface area contributed by atoms with Gasteiger partial charge in [-0.1, -0.05) is 32.0 Å². The van der Waals surface area contributed by atoms with Crippen molar-refractivity contribution in [2.75, 3.05) is 11.9 Å². The molecule has 4 nitrogen and oxygen atoms in total. The molecule has 0 aliphatic heterocycles. The molecule has 0 bridgehead atoms. The van der Waals surface area contributed by atoms with Gasteiger partial charge in [-0.25, -0.2) is 4.79 Å². The highest BCUT2D eigenvalue weighted by atomic mass is 16.5. The lowest BCUT2D eigenvalue weighted by Gasteiger charge is -2.08. The third-order valence-electron chi connectivity index (χ3n) is 3.42. The first kappa shape index (κ1) is 16.7. The van der Waals surface area contributed by atoms with E-state index in [9.17, 15) is 9.59 Å². The Balaban J connectivity index is 2.07. The summed E-state index contributed by atoms with van der Waals surface area (Å²) in [6.07, 6.45) is 1.71. The number of anilines is 1. The summed E-state index contributed by atoms with van der Waals surface area (Å²) < 4.78 is 5.10. The van der Waals surface area contributed by atoms with Crippen LogP contribution in [0.1, 0.15) is 46.5 Å². The van der Waals surface area contributed by atoms with E-state index in [0.29, 0.717) is 23.4 Å². The Morgan fingerprint density at radius 2 is 1.74 bits per heavy atom. The predicted molar refractivity (Wildman–Crippen MR) is 90.8 cm³/mol. The van der Waals surface area contributed by atoms with Crippen molar-refractivity contribution in [3.63, 3.8) is 0 Å². The molecule has 4 heteroatoms. The molecule has 0 atom stereocenters. The van der Waals surface area contributed by atoms with E-state index in [2.05, 4.69) is 12.2 Å². The number of aryl methyl sites for hydroxylation is 1. The van der Waals surface area contributed by atoms with Crippen molar-refractivity contribution in [1.29, 1.82) is 0 Å². The molecule has 0 fully saturated rings. The number of ether oxygens (including phenoxy) is 1. The van der Waals surface area contributed by atoms with Gasteiger partial charge in [0, 0.05) is 11.3 Å². The Bertz CT molecular complexity index is 677. The predicted octanol–water partition coefficient (Wildman–Crippen LogP) is 4.07. The molecule has 0 saturated heterocycles. The zero-order chi connectivity index (χ0) is 16.7. The minimum atomic E-state index is -0.379. The van der Waals surface area contributed by atoms with Gasteiger partial charge in [-0.2, -0.15) is 0 Å². The van der Waals surface area contributed by atoms with Crippen LogP contribution in [0, 0.1) is 0 Å². The lowest BCUT2D eigenvalue weighted by atomic mass is 10.1. The summed E-state index contributed by atoms with van der Waals surface area (Å²) in [4.78, 5) is 24.1. The van der Waals surface area contributed by atoms with Crippen LogP contribution in [0.25, 0.3) is 0 Å². The van der Waals surface area contributed by atoms with E-state index in [1.54, 1.807) is 36.4 Å². The summed E-state index contributed by atoms with van der Waals surface area (Å²) in [5, 5.41) is 2.80. The number of hydrogen-bond donors (Lipinski definition) is 1. The van der Waals surface area contributed by atoms with Crippen LogP contribution in [0.3, 0.4) is 0 Å². The molecule has 120 valence electrons. The van der Waals surface area contributed by atoms with E-state index in [4.69, 9.17) is 4.74 Å². The lowest BCUT2D eigenvalue weighted by Crippen LogP contribution is -2.13. The first-order chi connectivity index (χ1) is 11.1. The Kier molecular flexibility index (Phi) is 5.92. The van der Waals surface area contributed by atoms with Gasteiger partial charge in [0.25, 0.3) is 5.91 Å². The Morgan fingerprint density at radius 3 is 2.39 bits per heavy atom. The minimum Gasteiger partial charge on any atom is -0.462 e. The summed E-state index contributed by atoms with van der Waals surface area (Å²) in [7, 11) is 0. The molecule has 1 amide bonds. The van der Waals surface area contributed by atoms with Gasteiger partial charge in [0.1, 0.15) is 0 Å². The molecule has 0 aliphatic rings. The van der Waals surface area contributed by atoms with Crippen molar-refractivity contribution in [3.8, 4) is 0 Å². The molecule has 0 spiro atoms. The average molecular weight is 311 g/mol. The first-order valence-corrected chi connectivity index (χ1v) is 7.81. The van der Waals surface area contributed by atoms with Crippen molar-refractivity contribution >= 4 is 17.6 Å². The maximum atomic E-state index is 12.2. The second kappa shape index (κ2) is 8.13. The van der Waals surface area contributed by atoms with Crippen molar-refractivity contribution < 1.29 is 14.3 Å². The summed E-state index contributed by atoms with van der Waals surface area (Å²) in [5.74, 6) is -0.582. The second-order valence-electron chi connectivity index (χ2n) is 5.22. The van der Waals surface area contributed by atoms with E-state index in [-0.39, 0.29) is 11.9 Å². The van der Waals surface area contributed by atoms with Gasteiger partial charge in [0.05, 0.1) is 12.2 Å². The van der Waals surface area contributed by atoms with Crippen LogP contribution in [-0.2, 0) is 11.2 Å². The minimum absolute atomic E-state index is 0.202. The zero-order valence-electron chi connectivity index (χ0n) is 13.5. The van der Waals surface area contributed by atoms with Crippen molar-refractivity contribution in [3.05, 3.63) is 65.2 Å². The third kappa shape index (κ3) is 4.68. The number of esters is 1.